The predicted molar refractivity (Wildman–Crippen MR) is 87.7 cm³/mol. The van der Waals surface area contributed by atoms with Gasteiger partial charge in [-0.2, -0.15) is 0 Å². The molecule has 1 amide bonds. The molecular weight excluding hydrogens is 322 g/mol. The van der Waals surface area contributed by atoms with E-state index < -0.39 is 15.3 Å². The lowest BCUT2D eigenvalue weighted by atomic mass is 10.1. The van der Waals surface area contributed by atoms with Crippen molar-refractivity contribution in [2.75, 3.05) is 27.2 Å². The van der Waals surface area contributed by atoms with E-state index in [0.717, 1.165) is 5.69 Å². The number of thiazole rings is 1. The quantitative estimate of drug-likeness (QED) is 0.834. The largest absolute Gasteiger partial charge is 0.337 e. The van der Waals surface area contributed by atoms with Gasteiger partial charge in [-0.15, -0.1) is 11.3 Å². The molecule has 2 rings (SSSR count). The Morgan fingerprint density at radius 1 is 1.45 bits per heavy atom. The van der Waals surface area contributed by atoms with Gasteiger partial charge in [-0.3, -0.25) is 4.79 Å². The minimum atomic E-state index is -3.33. The summed E-state index contributed by atoms with van der Waals surface area (Å²) in [7, 11) is -0.259. The SMILES string of the molecule is CC(C)c1ncsc1C(=O)N1CCC[C@@H](S(=O)(=O)N(C)C)C1. The highest BCUT2D eigenvalue weighted by Crippen LogP contribution is 2.26. The Labute approximate surface area is 136 Å². The van der Waals surface area contributed by atoms with Crippen LogP contribution in [0.1, 0.15) is 48.0 Å². The summed E-state index contributed by atoms with van der Waals surface area (Å²) in [5.74, 6) is 0.0844. The van der Waals surface area contributed by atoms with Crippen LogP contribution in [0.4, 0.5) is 0 Å². The second-order valence-electron chi connectivity index (χ2n) is 6.06. The predicted octanol–water partition coefficient (Wildman–Crippen LogP) is 1.76. The van der Waals surface area contributed by atoms with Crippen LogP contribution >= 0.6 is 11.3 Å². The van der Waals surface area contributed by atoms with E-state index in [2.05, 4.69) is 4.98 Å². The van der Waals surface area contributed by atoms with Crippen LogP contribution in [0.5, 0.6) is 0 Å². The third-order valence-corrected chi connectivity index (χ3v) is 7.01. The Bertz CT molecular complexity index is 638. The van der Waals surface area contributed by atoms with Crippen LogP contribution in [-0.2, 0) is 10.0 Å². The van der Waals surface area contributed by atoms with E-state index in [0.29, 0.717) is 24.3 Å². The summed E-state index contributed by atoms with van der Waals surface area (Å²) >= 11 is 1.33. The molecular formula is C14H23N3O3S2. The molecule has 1 saturated heterocycles. The summed E-state index contributed by atoms with van der Waals surface area (Å²) in [4.78, 5) is 19.3. The first-order valence-electron chi connectivity index (χ1n) is 7.39. The molecule has 0 aromatic carbocycles. The summed E-state index contributed by atoms with van der Waals surface area (Å²) in [5.41, 5.74) is 2.48. The zero-order valence-electron chi connectivity index (χ0n) is 13.4. The minimum absolute atomic E-state index is 0.0927. The van der Waals surface area contributed by atoms with Crippen LogP contribution in [0.15, 0.2) is 5.51 Å². The zero-order chi connectivity index (χ0) is 16.5. The number of rotatable bonds is 4. The van der Waals surface area contributed by atoms with Crippen LogP contribution < -0.4 is 0 Å². The fourth-order valence-corrected chi connectivity index (χ4v) is 4.97. The molecule has 0 aliphatic carbocycles. The van der Waals surface area contributed by atoms with Gasteiger partial charge in [0.2, 0.25) is 10.0 Å². The molecule has 0 spiro atoms. The standard InChI is InChI=1S/C14H23N3O3S2/c1-10(2)12-13(21-9-15-12)14(18)17-7-5-6-11(8-17)22(19,20)16(3)4/h9-11H,5-8H2,1-4H3/t11-/m1/s1. The lowest BCUT2D eigenvalue weighted by Crippen LogP contribution is -2.48. The molecule has 8 heteroatoms. The third-order valence-electron chi connectivity index (χ3n) is 3.93. The van der Waals surface area contributed by atoms with Gasteiger partial charge in [0, 0.05) is 27.2 Å². The van der Waals surface area contributed by atoms with Gasteiger partial charge in [-0.25, -0.2) is 17.7 Å². The van der Waals surface area contributed by atoms with E-state index in [1.165, 1.54) is 29.7 Å². The summed E-state index contributed by atoms with van der Waals surface area (Å²) < 4.78 is 25.8. The van der Waals surface area contributed by atoms with E-state index in [4.69, 9.17) is 0 Å². The Morgan fingerprint density at radius 2 is 2.14 bits per heavy atom. The van der Waals surface area contributed by atoms with Crippen molar-refractivity contribution >= 4 is 27.3 Å². The molecule has 0 bridgehead atoms. The maximum absolute atomic E-state index is 12.7. The minimum Gasteiger partial charge on any atom is -0.337 e. The van der Waals surface area contributed by atoms with Crippen molar-refractivity contribution in [3.63, 3.8) is 0 Å². The van der Waals surface area contributed by atoms with E-state index in [1.807, 2.05) is 13.8 Å². The molecule has 2 heterocycles. The number of likely N-dealkylation sites (tertiary alicyclic amines) is 1. The molecule has 1 aliphatic heterocycles. The van der Waals surface area contributed by atoms with Gasteiger partial charge in [0.15, 0.2) is 0 Å². The molecule has 124 valence electrons. The number of hydrogen-bond acceptors (Lipinski definition) is 5. The molecule has 0 N–H and O–H groups in total. The van der Waals surface area contributed by atoms with Crippen molar-refractivity contribution in [3.8, 4) is 0 Å². The molecule has 0 saturated carbocycles. The van der Waals surface area contributed by atoms with Crippen molar-refractivity contribution in [1.29, 1.82) is 0 Å². The van der Waals surface area contributed by atoms with Crippen LogP contribution in [0.2, 0.25) is 0 Å². The maximum Gasteiger partial charge on any atom is 0.265 e. The van der Waals surface area contributed by atoms with Crippen molar-refractivity contribution in [1.82, 2.24) is 14.2 Å². The highest BCUT2D eigenvalue weighted by Gasteiger charge is 2.35. The van der Waals surface area contributed by atoms with Gasteiger partial charge in [-0.1, -0.05) is 13.8 Å². The third kappa shape index (κ3) is 3.33. The summed E-state index contributed by atoms with van der Waals surface area (Å²) in [6.45, 7) is 4.87. The number of amides is 1. The zero-order valence-corrected chi connectivity index (χ0v) is 15.1. The van der Waals surface area contributed by atoms with E-state index in [1.54, 1.807) is 10.4 Å². The summed E-state index contributed by atoms with van der Waals surface area (Å²) in [6, 6.07) is 0. The highest BCUT2D eigenvalue weighted by atomic mass is 32.2. The lowest BCUT2D eigenvalue weighted by Gasteiger charge is -2.33. The number of piperidine rings is 1. The van der Waals surface area contributed by atoms with E-state index >= 15 is 0 Å². The van der Waals surface area contributed by atoms with Crippen LogP contribution in [0.25, 0.3) is 0 Å². The first kappa shape index (κ1) is 17.4. The van der Waals surface area contributed by atoms with Gasteiger partial charge in [0.05, 0.1) is 16.5 Å². The number of hydrogen-bond donors (Lipinski definition) is 0. The normalized spacial score (nSPS) is 19.9. The van der Waals surface area contributed by atoms with Gasteiger partial charge >= 0.3 is 0 Å². The average molecular weight is 345 g/mol. The number of nitrogens with zero attached hydrogens (tertiary/aromatic N) is 3. The molecule has 6 nitrogen and oxygen atoms in total. The Balaban J connectivity index is 2.19. The molecule has 1 aromatic rings. The molecule has 0 unspecified atom stereocenters. The fourth-order valence-electron chi connectivity index (χ4n) is 2.63. The van der Waals surface area contributed by atoms with Crippen molar-refractivity contribution in [2.45, 2.75) is 37.9 Å². The second kappa shape index (κ2) is 6.64. The second-order valence-corrected chi connectivity index (χ2v) is 9.35. The lowest BCUT2D eigenvalue weighted by molar-refractivity contribution is 0.0729. The summed E-state index contributed by atoms with van der Waals surface area (Å²) in [6.07, 6.45) is 1.31. The van der Waals surface area contributed by atoms with Crippen LogP contribution in [-0.4, -0.2) is 60.9 Å². The first-order chi connectivity index (χ1) is 10.2. The van der Waals surface area contributed by atoms with Crippen molar-refractivity contribution in [3.05, 3.63) is 16.1 Å². The number of carbonyl (C=O) groups excluding carboxylic acids is 1. The fraction of sp³-hybridized carbons (Fsp3) is 0.714. The van der Waals surface area contributed by atoms with Crippen molar-refractivity contribution < 1.29 is 13.2 Å². The van der Waals surface area contributed by atoms with E-state index in [9.17, 15) is 13.2 Å². The van der Waals surface area contributed by atoms with Gasteiger partial charge in [-0.05, 0) is 18.8 Å². The summed E-state index contributed by atoms with van der Waals surface area (Å²) in [5, 5.41) is -0.518. The van der Waals surface area contributed by atoms with Gasteiger partial charge < -0.3 is 4.90 Å². The Morgan fingerprint density at radius 3 is 2.73 bits per heavy atom. The molecule has 1 fully saturated rings. The smallest absolute Gasteiger partial charge is 0.265 e. The maximum atomic E-state index is 12.7. The van der Waals surface area contributed by atoms with Crippen LogP contribution in [0.3, 0.4) is 0 Å². The van der Waals surface area contributed by atoms with Gasteiger partial charge in [0.1, 0.15) is 4.88 Å². The highest BCUT2D eigenvalue weighted by molar-refractivity contribution is 7.89. The van der Waals surface area contributed by atoms with E-state index in [-0.39, 0.29) is 18.4 Å². The number of carbonyl (C=O) groups is 1. The van der Waals surface area contributed by atoms with Crippen LogP contribution in [0, 0.1) is 0 Å². The van der Waals surface area contributed by atoms with Gasteiger partial charge in [0.25, 0.3) is 5.91 Å². The number of aromatic nitrogens is 1. The molecule has 1 atom stereocenters. The Hall–Kier alpha value is -0.990. The monoisotopic (exact) mass is 345 g/mol. The number of sulfonamides is 1. The molecule has 0 radical (unpaired) electrons. The topological polar surface area (TPSA) is 70.6 Å². The molecule has 22 heavy (non-hydrogen) atoms. The van der Waals surface area contributed by atoms with Crippen molar-refractivity contribution in [2.24, 2.45) is 0 Å². The average Bonchev–Trinajstić information content (AvgIpc) is 2.96. The Kier molecular flexibility index (Phi) is 5.24. The molecule has 1 aliphatic rings. The first-order valence-corrected chi connectivity index (χ1v) is 9.77. The molecule has 1 aromatic heterocycles.